The first kappa shape index (κ1) is 17.1. The molecule has 0 fully saturated rings. The maximum atomic E-state index is 12.1. The van der Waals surface area contributed by atoms with Crippen LogP contribution in [0.3, 0.4) is 0 Å². The van der Waals surface area contributed by atoms with Gasteiger partial charge in [0.2, 0.25) is 5.91 Å². The summed E-state index contributed by atoms with van der Waals surface area (Å²) in [7, 11) is 1.60. The van der Waals surface area contributed by atoms with Crippen LogP contribution in [0.5, 0.6) is 0 Å². The van der Waals surface area contributed by atoms with Crippen LogP contribution in [0, 0.1) is 0 Å². The molecule has 0 unspecified atom stereocenters. The highest BCUT2D eigenvalue weighted by Crippen LogP contribution is 2.32. The fourth-order valence-corrected chi connectivity index (χ4v) is 3.04. The Hall–Kier alpha value is -2.74. The van der Waals surface area contributed by atoms with Crippen molar-refractivity contribution in [3.63, 3.8) is 0 Å². The number of carbonyl (C=O) groups excluding carboxylic acids is 3. The van der Waals surface area contributed by atoms with E-state index in [-0.39, 0.29) is 24.0 Å². The lowest BCUT2D eigenvalue weighted by atomic mass is 10.2. The Morgan fingerprint density at radius 2 is 2.20 bits per heavy atom. The summed E-state index contributed by atoms with van der Waals surface area (Å²) in [6.45, 7) is -0.0697. The first-order valence-electron chi connectivity index (χ1n) is 7.53. The Morgan fingerprint density at radius 1 is 1.36 bits per heavy atom. The second-order valence-electron chi connectivity index (χ2n) is 5.45. The summed E-state index contributed by atoms with van der Waals surface area (Å²) in [5.74, 6) is -0.0744. The zero-order chi connectivity index (χ0) is 17.8. The zero-order valence-electron chi connectivity index (χ0n) is 13.5. The minimum atomic E-state index is -0.618. The van der Waals surface area contributed by atoms with Gasteiger partial charge in [0.05, 0.1) is 29.8 Å². The highest BCUT2D eigenvalue weighted by molar-refractivity contribution is 8.00. The fraction of sp³-hybridized carbons (Fsp3) is 0.235. The third-order valence-electron chi connectivity index (χ3n) is 3.57. The topological polar surface area (TPSA) is 88.8 Å². The molecule has 3 rings (SSSR count). The van der Waals surface area contributed by atoms with Crippen molar-refractivity contribution in [2.75, 3.05) is 24.7 Å². The molecule has 1 aliphatic rings. The van der Waals surface area contributed by atoms with Crippen LogP contribution in [0.2, 0.25) is 0 Å². The van der Waals surface area contributed by atoms with Crippen molar-refractivity contribution in [1.82, 2.24) is 4.90 Å². The van der Waals surface area contributed by atoms with Gasteiger partial charge < -0.3 is 19.4 Å². The summed E-state index contributed by atoms with van der Waals surface area (Å²) < 4.78 is 10.2. The average molecular weight is 360 g/mol. The first-order valence-corrected chi connectivity index (χ1v) is 8.51. The lowest BCUT2D eigenvalue weighted by molar-refractivity contribution is -0.134. The van der Waals surface area contributed by atoms with E-state index in [0.717, 1.165) is 4.90 Å². The smallest absolute Gasteiger partial charge is 0.338 e. The van der Waals surface area contributed by atoms with Crippen molar-refractivity contribution in [2.45, 2.75) is 11.4 Å². The summed E-state index contributed by atoms with van der Waals surface area (Å²) in [4.78, 5) is 37.9. The van der Waals surface area contributed by atoms with Crippen LogP contribution in [0.4, 0.5) is 5.69 Å². The normalized spacial score (nSPS) is 12.9. The van der Waals surface area contributed by atoms with Crippen molar-refractivity contribution < 1.29 is 23.5 Å². The molecular formula is C17H16N2O5S. The third-order valence-corrected chi connectivity index (χ3v) is 4.65. The van der Waals surface area contributed by atoms with E-state index in [4.69, 9.17) is 9.15 Å². The predicted octanol–water partition coefficient (Wildman–Crippen LogP) is 2.14. The van der Waals surface area contributed by atoms with Gasteiger partial charge >= 0.3 is 5.97 Å². The molecule has 130 valence electrons. The van der Waals surface area contributed by atoms with E-state index in [9.17, 15) is 14.4 Å². The molecule has 0 radical (unpaired) electrons. The lowest BCUT2D eigenvalue weighted by Crippen LogP contribution is -2.30. The van der Waals surface area contributed by atoms with Gasteiger partial charge in [0.15, 0.2) is 6.61 Å². The van der Waals surface area contributed by atoms with Gasteiger partial charge in [-0.1, -0.05) is 0 Å². The van der Waals surface area contributed by atoms with E-state index in [1.54, 1.807) is 37.4 Å². The Bertz CT molecular complexity index is 803. The summed E-state index contributed by atoms with van der Waals surface area (Å²) in [5.41, 5.74) is 0.861. The molecule has 0 atom stereocenters. The van der Waals surface area contributed by atoms with Crippen molar-refractivity contribution >= 4 is 35.2 Å². The number of esters is 1. The van der Waals surface area contributed by atoms with Gasteiger partial charge in [-0.3, -0.25) is 9.59 Å². The number of fused-ring (bicyclic) bond motifs is 1. The second-order valence-corrected chi connectivity index (χ2v) is 6.47. The molecule has 0 saturated carbocycles. The standard InChI is InChI=1S/C17H16N2O5S/c1-19(8-12-3-2-6-23-12)16(21)9-24-17(22)11-4-5-14-13(7-11)18-15(20)10-25-14/h2-7H,8-10H2,1H3,(H,18,20). The number of hydrogen-bond donors (Lipinski definition) is 1. The lowest BCUT2D eigenvalue weighted by Gasteiger charge is -2.17. The minimum Gasteiger partial charge on any atom is -0.467 e. The Balaban J connectivity index is 1.56. The van der Waals surface area contributed by atoms with Gasteiger partial charge in [-0.2, -0.15) is 0 Å². The number of benzene rings is 1. The summed E-state index contributed by atoms with van der Waals surface area (Å²) in [6, 6.07) is 8.42. The summed E-state index contributed by atoms with van der Waals surface area (Å²) >= 11 is 1.41. The number of nitrogens with one attached hydrogen (secondary N) is 1. The molecular weight excluding hydrogens is 344 g/mol. The number of carbonyl (C=O) groups is 3. The quantitative estimate of drug-likeness (QED) is 0.822. The van der Waals surface area contributed by atoms with Gasteiger partial charge in [-0.15, -0.1) is 11.8 Å². The number of ether oxygens (including phenoxy) is 1. The fourth-order valence-electron chi connectivity index (χ4n) is 2.26. The van der Waals surface area contributed by atoms with Crippen LogP contribution in [0.25, 0.3) is 0 Å². The van der Waals surface area contributed by atoms with Crippen LogP contribution in [-0.4, -0.2) is 42.1 Å². The molecule has 2 amide bonds. The Morgan fingerprint density at radius 3 is 2.96 bits per heavy atom. The monoisotopic (exact) mass is 360 g/mol. The van der Waals surface area contributed by atoms with Crippen molar-refractivity contribution in [1.29, 1.82) is 0 Å². The number of hydrogen-bond acceptors (Lipinski definition) is 6. The second kappa shape index (κ2) is 7.43. The van der Waals surface area contributed by atoms with E-state index in [0.29, 0.717) is 23.7 Å². The SMILES string of the molecule is CN(Cc1ccco1)C(=O)COC(=O)c1ccc2c(c1)NC(=O)CS2. The number of furan rings is 1. The number of rotatable bonds is 5. The van der Waals surface area contributed by atoms with Crippen LogP contribution in [0.1, 0.15) is 16.1 Å². The van der Waals surface area contributed by atoms with E-state index >= 15 is 0 Å². The molecule has 1 N–H and O–H groups in total. The van der Waals surface area contributed by atoms with Crippen molar-refractivity contribution in [3.8, 4) is 0 Å². The minimum absolute atomic E-state index is 0.113. The van der Waals surface area contributed by atoms with Crippen LogP contribution in [0.15, 0.2) is 45.9 Å². The molecule has 25 heavy (non-hydrogen) atoms. The van der Waals surface area contributed by atoms with Gasteiger partial charge in [-0.05, 0) is 30.3 Å². The van der Waals surface area contributed by atoms with E-state index in [1.165, 1.54) is 22.9 Å². The zero-order valence-corrected chi connectivity index (χ0v) is 14.3. The van der Waals surface area contributed by atoms with Gasteiger partial charge in [0.1, 0.15) is 5.76 Å². The maximum Gasteiger partial charge on any atom is 0.338 e. The maximum absolute atomic E-state index is 12.1. The molecule has 7 nitrogen and oxygen atoms in total. The van der Waals surface area contributed by atoms with E-state index < -0.39 is 5.97 Å². The Kier molecular flexibility index (Phi) is 5.08. The van der Waals surface area contributed by atoms with E-state index in [1.807, 2.05) is 0 Å². The highest BCUT2D eigenvalue weighted by Gasteiger charge is 2.19. The predicted molar refractivity (Wildman–Crippen MR) is 91.3 cm³/mol. The molecule has 0 saturated heterocycles. The van der Waals surface area contributed by atoms with Gasteiger partial charge in [0.25, 0.3) is 5.91 Å². The van der Waals surface area contributed by atoms with E-state index in [2.05, 4.69) is 5.32 Å². The summed E-state index contributed by atoms with van der Waals surface area (Å²) in [5, 5.41) is 2.71. The molecule has 0 spiro atoms. The molecule has 8 heteroatoms. The van der Waals surface area contributed by atoms with Crippen molar-refractivity contribution in [2.24, 2.45) is 0 Å². The summed E-state index contributed by atoms with van der Waals surface area (Å²) in [6.07, 6.45) is 1.53. The third kappa shape index (κ3) is 4.21. The van der Waals surface area contributed by atoms with Crippen LogP contribution >= 0.6 is 11.8 Å². The Labute approximate surface area is 148 Å². The highest BCUT2D eigenvalue weighted by atomic mass is 32.2. The largest absolute Gasteiger partial charge is 0.467 e. The van der Waals surface area contributed by atoms with Crippen LogP contribution in [-0.2, 0) is 20.9 Å². The first-order chi connectivity index (χ1) is 12.0. The molecule has 1 aromatic carbocycles. The molecule has 1 aliphatic heterocycles. The number of nitrogens with zero attached hydrogens (tertiary/aromatic N) is 1. The van der Waals surface area contributed by atoms with Gasteiger partial charge in [0, 0.05) is 11.9 Å². The van der Waals surface area contributed by atoms with Crippen molar-refractivity contribution in [3.05, 3.63) is 47.9 Å². The number of anilines is 1. The van der Waals surface area contributed by atoms with Gasteiger partial charge in [-0.25, -0.2) is 4.79 Å². The average Bonchev–Trinajstić information content (AvgIpc) is 3.11. The molecule has 2 heterocycles. The number of amides is 2. The molecule has 2 aromatic rings. The molecule has 0 bridgehead atoms. The number of thioether (sulfide) groups is 1. The number of likely N-dealkylation sites (N-methyl/N-ethyl adjacent to an activating group) is 1. The molecule has 0 aliphatic carbocycles. The van der Waals surface area contributed by atoms with Crippen LogP contribution < -0.4 is 5.32 Å². The molecule has 1 aromatic heterocycles.